The maximum absolute atomic E-state index is 12.9. The van der Waals surface area contributed by atoms with E-state index in [-0.39, 0.29) is 11.8 Å². The zero-order valence-electron chi connectivity index (χ0n) is 17.2. The number of carbonyl (C=O) groups is 1. The largest absolute Gasteiger partial charge is 0.439 e. The van der Waals surface area contributed by atoms with E-state index in [2.05, 4.69) is 25.9 Å². The number of para-hydroxylation sites is 1. The van der Waals surface area contributed by atoms with Gasteiger partial charge in [-0.25, -0.2) is 19.2 Å². The Bertz CT molecular complexity index is 1180. The van der Waals surface area contributed by atoms with Gasteiger partial charge in [0, 0.05) is 37.3 Å². The zero-order valence-corrected chi connectivity index (χ0v) is 17.2. The molecule has 32 heavy (non-hydrogen) atoms. The van der Waals surface area contributed by atoms with Crippen LogP contribution in [0.4, 0.5) is 15.0 Å². The number of halogens is 1. The monoisotopic (exact) mass is 431 g/mol. The third kappa shape index (κ3) is 5.91. The summed E-state index contributed by atoms with van der Waals surface area (Å²) in [6, 6.07) is 20.8. The fourth-order valence-corrected chi connectivity index (χ4v) is 2.98. The predicted octanol–water partition coefficient (Wildman–Crippen LogP) is 4.47. The van der Waals surface area contributed by atoms with Gasteiger partial charge in [0.15, 0.2) is 0 Å². The maximum atomic E-state index is 12.9. The van der Waals surface area contributed by atoms with Crippen LogP contribution >= 0.6 is 0 Å². The van der Waals surface area contributed by atoms with Crippen molar-refractivity contribution >= 4 is 22.8 Å². The van der Waals surface area contributed by atoms with Gasteiger partial charge < -0.3 is 20.7 Å². The smallest absolute Gasteiger partial charge is 0.315 e. The molecule has 4 rings (SSSR count). The van der Waals surface area contributed by atoms with Gasteiger partial charge in [-0.3, -0.25) is 0 Å². The number of nitrogens with zero attached hydrogens (tertiary/aromatic N) is 2. The molecule has 0 saturated carbocycles. The van der Waals surface area contributed by atoms with E-state index in [1.807, 2.05) is 36.4 Å². The zero-order chi connectivity index (χ0) is 22.2. The Hall–Kier alpha value is -4.20. The Morgan fingerprint density at radius 3 is 2.56 bits per heavy atom. The van der Waals surface area contributed by atoms with Crippen molar-refractivity contribution in [1.82, 2.24) is 20.6 Å². The van der Waals surface area contributed by atoms with E-state index >= 15 is 0 Å². The normalized spacial score (nSPS) is 10.5. The molecule has 0 aliphatic rings. The Kier molecular flexibility index (Phi) is 6.72. The topological polar surface area (TPSA) is 88.2 Å². The summed E-state index contributed by atoms with van der Waals surface area (Å²) in [7, 11) is 0. The molecular weight excluding hydrogens is 409 g/mol. The highest BCUT2D eigenvalue weighted by atomic mass is 19.1. The molecule has 0 saturated heterocycles. The minimum atomic E-state index is -0.328. The van der Waals surface area contributed by atoms with Crippen LogP contribution in [0.3, 0.4) is 0 Å². The van der Waals surface area contributed by atoms with Crippen LogP contribution in [-0.4, -0.2) is 29.1 Å². The number of nitrogens with one attached hydrogen (secondary N) is 3. The highest BCUT2D eigenvalue weighted by molar-refractivity contribution is 5.80. The third-order valence-corrected chi connectivity index (χ3v) is 4.60. The van der Waals surface area contributed by atoms with Crippen molar-refractivity contribution in [2.24, 2.45) is 0 Å². The number of fused-ring (bicyclic) bond motifs is 1. The van der Waals surface area contributed by atoms with E-state index in [0.717, 1.165) is 22.3 Å². The molecule has 3 N–H and O–H groups in total. The molecule has 0 spiro atoms. The molecule has 162 valence electrons. The first-order chi connectivity index (χ1) is 15.7. The summed E-state index contributed by atoms with van der Waals surface area (Å²) >= 11 is 0. The molecule has 0 unspecified atom stereocenters. The molecule has 0 atom stereocenters. The Morgan fingerprint density at radius 2 is 1.75 bits per heavy atom. The highest BCUT2D eigenvalue weighted by Gasteiger charge is 2.03. The second-order valence-corrected chi connectivity index (χ2v) is 6.99. The van der Waals surface area contributed by atoms with E-state index in [0.29, 0.717) is 31.3 Å². The van der Waals surface area contributed by atoms with Crippen molar-refractivity contribution in [3.8, 4) is 11.6 Å². The van der Waals surface area contributed by atoms with Crippen molar-refractivity contribution in [2.75, 3.05) is 18.4 Å². The van der Waals surface area contributed by atoms with Gasteiger partial charge in [0.1, 0.15) is 17.4 Å². The number of rotatable bonds is 8. The van der Waals surface area contributed by atoms with Crippen molar-refractivity contribution < 1.29 is 13.9 Å². The molecule has 0 radical (unpaired) electrons. The number of pyridine rings is 2. The van der Waals surface area contributed by atoms with Crippen LogP contribution in [-0.2, 0) is 6.54 Å². The number of ether oxygens (including phenoxy) is 1. The minimum Gasteiger partial charge on any atom is -0.439 e. The first-order valence-electron chi connectivity index (χ1n) is 10.2. The summed E-state index contributed by atoms with van der Waals surface area (Å²) in [6.07, 6.45) is 1.62. The molecule has 0 fully saturated rings. The number of urea groups is 1. The van der Waals surface area contributed by atoms with Crippen LogP contribution in [0.25, 0.3) is 10.9 Å². The number of amides is 2. The number of anilines is 1. The van der Waals surface area contributed by atoms with Crippen LogP contribution in [0.5, 0.6) is 11.6 Å². The van der Waals surface area contributed by atoms with Gasteiger partial charge in [-0.2, -0.15) is 0 Å². The Morgan fingerprint density at radius 1 is 0.906 bits per heavy atom. The molecular formula is C24H22FN5O2. The number of carbonyl (C=O) groups excluding carboxylic acids is 1. The molecule has 0 aliphatic carbocycles. The van der Waals surface area contributed by atoms with Crippen LogP contribution in [0.1, 0.15) is 5.56 Å². The van der Waals surface area contributed by atoms with Crippen molar-refractivity contribution in [3.63, 3.8) is 0 Å². The van der Waals surface area contributed by atoms with Crippen molar-refractivity contribution in [2.45, 2.75) is 6.54 Å². The van der Waals surface area contributed by atoms with Gasteiger partial charge in [0.05, 0.1) is 5.52 Å². The second-order valence-electron chi connectivity index (χ2n) is 6.99. The van der Waals surface area contributed by atoms with E-state index in [9.17, 15) is 9.18 Å². The molecule has 4 aromatic rings. The molecule has 0 bridgehead atoms. The lowest BCUT2D eigenvalue weighted by Crippen LogP contribution is -2.37. The van der Waals surface area contributed by atoms with E-state index in [1.165, 1.54) is 24.3 Å². The lowest BCUT2D eigenvalue weighted by atomic mass is 10.2. The number of aromatic nitrogens is 2. The summed E-state index contributed by atoms with van der Waals surface area (Å²) in [6.45, 7) is 1.33. The van der Waals surface area contributed by atoms with E-state index < -0.39 is 0 Å². The van der Waals surface area contributed by atoms with Crippen LogP contribution in [0.2, 0.25) is 0 Å². The lowest BCUT2D eigenvalue weighted by Gasteiger charge is -2.10. The number of hydrogen-bond donors (Lipinski definition) is 3. The van der Waals surface area contributed by atoms with Gasteiger partial charge in [-0.1, -0.05) is 24.3 Å². The van der Waals surface area contributed by atoms with Crippen LogP contribution in [0.15, 0.2) is 79.0 Å². The summed E-state index contributed by atoms with van der Waals surface area (Å²) in [4.78, 5) is 20.7. The minimum absolute atomic E-state index is 0.273. The third-order valence-electron chi connectivity index (χ3n) is 4.60. The lowest BCUT2D eigenvalue weighted by molar-refractivity contribution is 0.241. The number of hydrogen-bond acceptors (Lipinski definition) is 5. The standard InChI is InChI=1S/C24H22FN5O2/c25-19-7-9-20(10-8-19)32-23-12-5-17(15-28-23)16-29-24(31)27-14-13-26-22-11-6-18-3-1-2-4-21(18)30-22/h1-12,15H,13-14,16H2,(H,26,30)(H2,27,29,31). The summed E-state index contributed by atoms with van der Waals surface area (Å²) in [5, 5.41) is 9.85. The van der Waals surface area contributed by atoms with Gasteiger partial charge >= 0.3 is 6.03 Å². The molecule has 2 heterocycles. The quantitative estimate of drug-likeness (QED) is 0.358. The van der Waals surface area contributed by atoms with Crippen molar-refractivity contribution in [1.29, 1.82) is 0 Å². The van der Waals surface area contributed by atoms with Crippen LogP contribution in [0, 0.1) is 5.82 Å². The fourth-order valence-electron chi connectivity index (χ4n) is 2.98. The molecule has 7 nitrogen and oxygen atoms in total. The Labute approximate surface area is 184 Å². The van der Waals surface area contributed by atoms with E-state index in [4.69, 9.17) is 4.74 Å². The first-order valence-corrected chi connectivity index (χ1v) is 10.2. The molecule has 2 aromatic heterocycles. The molecule has 8 heteroatoms. The SMILES string of the molecule is O=C(NCCNc1ccc2ccccc2n1)NCc1ccc(Oc2ccc(F)cc2)nc1. The van der Waals surface area contributed by atoms with Gasteiger partial charge in [-0.15, -0.1) is 0 Å². The summed E-state index contributed by atoms with van der Waals surface area (Å²) < 4.78 is 18.5. The maximum Gasteiger partial charge on any atom is 0.315 e. The fraction of sp³-hybridized carbons (Fsp3) is 0.125. The summed E-state index contributed by atoms with van der Waals surface area (Å²) in [5.74, 6) is 1.32. The van der Waals surface area contributed by atoms with Gasteiger partial charge in [0.25, 0.3) is 0 Å². The average molecular weight is 431 g/mol. The molecule has 2 amide bonds. The average Bonchev–Trinajstić information content (AvgIpc) is 2.83. The van der Waals surface area contributed by atoms with Gasteiger partial charge in [-0.05, 0) is 48.0 Å². The van der Waals surface area contributed by atoms with Crippen LogP contribution < -0.4 is 20.7 Å². The highest BCUT2D eigenvalue weighted by Crippen LogP contribution is 2.19. The van der Waals surface area contributed by atoms with Gasteiger partial charge in [0.2, 0.25) is 5.88 Å². The number of benzene rings is 2. The predicted molar refractivity (Wildman–Crippen MR) is 121 cm³/mol. The molecule has 0 aliphatic heterocycles. The second kappa shape index (κ2) is 10.2. The van der Waals surface area contributed by atoms with E-state index in [1.54, 1.807) is 18.3 Å². The van der Waals surface area contributed by atoms with Crippen molar-refractivity contribution in [3.05, 3.63) is 90.4 Å². The summed E-state index contributed by atoms with van der Waals surface area (Å²) in [5.41, 5.74) is 1.75. The first kappa shape index (κ1) is 21.0. The Balaban J connectivity index is 1.16. The molecule has 2 aromatic carbocycles.